The van der Waals surface area contributed by atoms with E-state index in [-0.39, 0.29) is 61.4 Å². The first-order chi connectivity index (χ1) is 21.5. The summed E-state index contributed by atoms with van der Waals surface area (Å²) < 4.78 is 37.2. The second-order valence-corrected chi connectivity index (χ2v) is 12.1. The van der Waals surface area contributed by atoms with Gasteiger partial charge in [-0.05, 0) is 40.0 Å². The molecule has 45 heavy (non-hydrogen) atoms. The smallest absolute Gasteiger partial charge is 0.313 e. The maximum absolute atomic E-state index is 15.1. The fraction of sp³-hybridized carbons (Fsp3) is 0.548. The molecule has 0 amide bonds. The van der Waals surface area contributed by atoms with Gasteiger partial charge in [-0.2, -0.15) is 0 Å². The van der Waals surface area contributed by atoms with Crippen LogP contribution in [0.15, 0.2) is 35.7 Å². The maximum atomic E-state index is 15.1. The van der Waals surface area contributed by atoms with E-state index >= 15 is 4.39 Å². The first kappa shape index (κ1) is 33.7. The molecule has 0 spiro atoms. The Bertz CT molecular complexity index is 1350. The van der Waals surface area contributed by atoms with Gasteiger partial charge in [-0.25, -0.2) is 14.4 Å². The highest BCUT2D eigenvalue weighted by atomic mass is 19.1. The number of oxime groups is 1. The van der Waals surface area contributed by atoms with E-state index in [4.69, 9.17) is 34.9 Å². The van der Waals surface area contributed by atoms with Crippen molar-refractivity contribution in [2.24, 2.45) is 22.2 Å². The highest BCUT2D eigenvalue weighted by Crippen LogP contribution is 2.26. The van der Waals surface area contributed by atoms with Gasteiger partial charge < -0.3 is 34.4 Å². The molecule has 244 valence electrons. The molecule has 3 N–H and O–H groups in total. The molecule has 2 unspecified atom stereocenters. The van der Waals surface area contributed by atoms with Crippen molar-refractivity contribution in [1.82, 2.24) is 9.97 Å². The minimum atomic E-state index is -0.706. The minimum Gasteiger partial charge on any atom is -0.465 e. The molecule has 0 saturated carbocycles. The average Bonchev–Trinajstić information content (AvgIpc) is 2.98. The van der Waals surface area contributed by atoms with Crippen LogP contribution in [0, 0.1) is 22.6 Å². The van der Waals surface area contributed by atoms with Crippen molar-refractivity contribution in [2.45, 2.75) is 59.4 Å². The molecule has 2 fully saturated rings. The van der Waals surface area contributed by atoms with Gasteiger partial charge in [-0.15, -0.1) is 0 Å². The number of rotatable bonds is 14. The van der Waals surface area contributed by atoms with Crippen LogP contribution in [0.1, 0.15) is 52.0 Å². The number of nitrogens with two attached hydrogens (primary N) is 1. The molecule has 13 nitrogen and oxygen atoms in total. The number of hydrogen-bond donors (Lipinski definition) is 2. The number of carbonyl (C=O) groups is 2. The molecule has 1 aromatic carbocycles. The predicted octanol–water partition coefficient (Wildman–Crippen LogP) is 3.59. The Kier molecular flexibility index (Phi) is 11.8. The van der Waals surface area contributed by atoms with Crippen molar-refractivity contribution >= 4 is 29.4 Å². The van der Waals surface area contributed by atoms with E-state index in [1.54, 1.807) is 32.9 Å². The summed E-state index contributed by atoms with van der Waals surface area (Å²) >= 11 is 0. The molecule has 2 aliphatic rings. The Balaban J connectivity index is 1.27. The molecule has 2 saturated heterocycles. The summed E-state index contributed by atoms with van der Waals surface area (Å²) in [6.07, 6.45) is 5.34. The zero-order chi connectivity index (χ0) is 32.4. The number of halogens is 1. The zero-order valence-electron chi connectivity index (χ0n) is 25.9. The molecule has 0 bridgehead atoms. The van der Waals surface area contributed by atoms with Crippen LogP contribution in [0.4, 0.5) is 10.3 Å². The molecule has 3 heterocycles. The van der Waals surface area contributed by atoms with Crippen molar-refractivity contribution in [3.63, 3.8) is 0 Å². The molecule has 2 atom stereocenters. The topological polar surface area (TPSA) is 172 Å². The van der Waals surface area contributed by atoms with E-state index in [1.165, 1.54) is 18.5 Å². The van der Waals surface area contributed by atoms with Crippen LogP contribution in [-0.4, -0.2) is 79.3 Å². The van der Waals surface area contributed by atoms with Crippen LogP contribution < -0.4 is 10.6 Å². The quantitative estimate of drug-likeness (QED) is 0.136. The lowest BCUT2D eigenvalue weighted by atomic mass is 9.97. The highest BCUT2D eigenvalue weighted by Gasteiger charge is 2.27. The van der Waals surface area contributed by atoms with E-state index in [2.05, 4.69) is 15.1 Å². The third-order valence-corrected chi connectivity index (χ3v) is 7.00. The number of amidine groups is 1. The van der Waals surface area contributed by atoms with Gasteiger partial charge in [0.15, 0.2) is 6.29 Å². The summed E-state index contributed by atoms with van der Waals surface area (Å²) in [7, 11) is 0. The Morgan fingerprint density at radius 2 is 1.91 bits per heavy atom. The molecule has 2 aliphatic heterocycles. The van der Waals surface area contributed by atoms with Gasteiger partial charge in [0.05, 0.1) is 43.3 Å². The molecule has 0 radical (unpaired) electrons. The van der Waals surface area contributed by atoms with Gasteiger partial charge in [0.2, 0.25) is 5.95 Å². The molecule has 2 aromatic rings. The van der Waals surface area contributed by atoms with Crippen LogP contribution in [0.25, 0.3) is 11.1 Å². The fourth-order valence-electron chi connectivity index (χ4n) is 4.37. The van der Waals surface area contributed by atoms with E-state index in [1.807, 2.05) is 4.90 Å². The fourth-order valence-corrected chi connectivity index (χ4v) is 4.37. The Hall–Kier alpha value is -4.17. The molecular formula is C31H41FN6O7. The first-order valence-corrected chi connectivity index (χ1v) is 14.9. The van der Waals surface area contributed by atoms with Gasteiger partial charge >= 0.3 is 11.9 Å². The molecule has 14 heteroatoms. The van der Waals surface area contributed by atoms with Crippen molar-refractivity contribution < 1.29 is 37.8 Å². The van der Waals surface area contributed by atoms with Crippen molar-refractivity contribution in [2.75, 3.05) is 44.4 Å². The van der Waals surface area contributed by atoms with Crippen molar-refractivity contribution in [1.29, 1.82) is 5.41 Å². The van der Waals surface area contributed by atoms with Crippen LogP contribution in [0.3, 0.4) is 0 Å². The zero-order valence-corrected chi connectivity index (χ0v) is 25.9. The summed E-state index contributed by atoms with van der Waals surface area (Å²) in [4.78, 5) is 40.2. The Morgan fingerprint density at radius 1 is 1.16 bits per heavy atom. The molecular weight excluding hydrogens is 587 g/mol. The monoisotopic (exact) mass is 628 g/mol. The summed E-state index contributed by atoms with van der Waals surface area (Å²) in [5.74, 6) is -1.64. The van der Waals surface area contributed by atoms with E-state index in [0.717, 1.165) is 25.0 Å². The van der Waals surface area contributed by atoms with Gasteiger partial charge in [-0.1, -0.05) is 23.4 Å². The number of carbonyl (C=O) groups excluding carboxylic acids is 2. The van der Waals surface area contributed by atoms with E-state index in [0.29, 0.717) is 37.8 Å². The van der Waals surface area contributed by atoms with Crippen molar-refractivity contribution in [3.05, 3.63) is 42.0 Å². The number of ether oxygens (including phenoxy) is 4. The minimum absolute atomic E-state index is 0.147. The van der Waals surface area contributed by atoms with E-state index in [9.17, 15) is 9.59 Å². The number of anilines is 1. The van der Waals surface area contributed by atoms with Crippen molar-refractivity contribution in [3.8, 4) is 11.1 Å². The Morgan fingerprint density at radius 3 is 2.58 bits per heavy atom. The van der Waals surface area contributed by atoms with Gasteiger partial charge in [0, 0.05) is 35.7 Å². The number of esters is 2. The standard InChI is InChI=1S/C31H41FN6O7/c1-31(2,3)29(40)44-17-20(16-43-27-9-4-5-10-41-27)18-45-37-23-14-38(15-23)30-35-12-22(13-36-30)24-8-6-7-21(28(24)32)19-42-26(39)11-25(33)34/h6-8,12-13,20,27H,4-5,9-11,14-19H2,1-3H3,(H3,33,34). The van der Waals surface area contributed by atoms with Crippen LogP contribution >= 0.6 is 0 Å². The normalized spacial score (nSPS) is 17.2. The van der Waals surface area contributed by atoms with Crippen LogP contribution in [0.5, 0.6) is 0 Å². The molecule has 0 aliphatic carbocycles. The predicted molar refractivity (Wildman–Crippen MR) is 163 cm³/mol. The number of hydrogen-bond acceptors (Lipinski definition) is 12. The third-order valence-electron chi connectivity index (χ3n) is 7.00. The molecule has 1 aromatic heterocycles. The number of nitrogens with one attached hydrogen (secondary N) is 1. The lowest BCUT2D eigenvalue weighted by Gasteiger charge is -2.32. The third kappa shape index (κ3) is 10.2. The summed E-state index contributed by atoms with van der Waals surface area (Å²) in [6.45, 7) is 7.39. The lowest BCUT2D eigenvalue weighted by Crippen LogP contribution is -2.48. The second kappa shape index (κ2) is 15.7. The van der Waals surface area contributed by atoms with Gasteiger partial charge in [0.1, 0.15) is 31.3 Å². The van der Waals surface area contributed by atoms with E-state index < -0.39 is 17.2 Å². The second-order valence-electron chi connectivity index (χ2n) is 12.1. The molecule has 4 rings (SSSR count). The largest absolute Gasteiger partial charge is 0.465 e. The van der Waals surface area contributed by atoms with Gasteiger partial charge in [0.25, 0.3) is 0 Å². The van der Waals surface area contributed by atoms with Gasteiger partial charge in [-0.3, -0.25) is 15.0 Å². The number of benzene rings is 1. The number of nitrogens with zero attached hydrogens (tertiary/aromatic N) is 4. The average molecular weight is 629 g/mol. The summed E-state index contributed by atoms with van der Waals surface area (Å²) in [6, 6.07) is 4.75. The highest BCUT2D eigenvalue weighted by molar-refractivity contribution is 5.98. The van der Waals surface area contributed by atoms with Crippen LogP contribution in [-0.2, 0) is 40.0 Å². The summed E-state index contributed by atoms with van der Waals surface area (Å²) in [5, 5.41) is 11.4. The lowest BCUT2D eigenvalue weighted by molar-refractivity contribution is -0.178. The number of aromatic nitrogens is 2. The Labute approximate surface area is 261 Å². The maximum Gasteiger partial charge on any atom is 0.313 e. The SMILES string of the molecule is CC(C)(C)C(=O)OCC(CON=C1CN(c2ncc(-c3cccc(COC(=O)CC(=N)N)c3F)cn2)C1)COC1CCCCO1. The first-order valence-electron chi connectivity index (χ1n) is 14.9. The summed E-state index contributed by atoms with van der Waals surface area (Å²) in [5.41, 5.74) is 6.29. The van der Waals surface area contributed by atoms with Crippen LogP contribution in [0.2, 0.25) is 0 Å².